The summed E-state index contributed by atoms with van der Waals surface area (Å²) in [4.78, 5) is 13.2. The Morgan fingerprint density at radius 3 is 2.00 bits per heavy atom. The molecule has 0 aromatic rings. The number of fused-ring (bicyclic) bond motifs is 2. The molecule has 5 rings (SSSR count). The van der Waals surface area contributed by atoms with E-state index in [4.69, 9.17) is 4.74 Å². The third-order valence-electron chi connectivity index (χ3n) is 16.9. The smallest absolute Gasteiger partial charge is 0.306 e. The Morgan fingerprint density at radius 2 is 1.32 bits per heavy atom. The SMILES string of the molecule is CCCCCCCC/C=C\CCCCCCCC(=O)O[C@H]1CC[C@]23C[C@]24CC[C@]2(C)[C@@H]([C@H](C)CCC=C(C)C)CC[C@@]2(C)[C@@H]4CC[C@H]3C1(C)C. The van der Waals surface area contributed by atoms with Crippen LogP contribution in [0.15, 0.2) is 23.8 Å². The van der Waals surface area contributed by atoms with Crippen molar-refractivity contribution in [1.29, 1.82) is 0 Å². The fourth-order valence-electron chi connectivity index (χ4n) is 13.9. The summed E-state index contributed by atoms with van der Waals surface area (Å²) in [7, 11) is 0. The quantitative estimate of drug-likeness (QED) is 0.0722. The lowest BCUT2D eigenvalue weighted by Crippen LogP contribution is -2.58. The number of carbonyl (C=O) groups excluding carboxylic acids is 1. The maximum atomic E-state index is 13.2. The molecule has 50 heavy (non-hydrogen) atoms. The summed E-state index contributed by atoms with van der Waals surface area (Å²) >= 11 is 0. The second kappa shape index (κ2) is 17.0. The van der Waals surface area contributed by atoms with Crippen LogP contribution in [0, 0.1) is 50.7 Å². The number of unbranched alkanes of at least 4 members (excludes halogenated alkanes) is 11. The van der Waals surface area contributed by atoms with Crippen molar-refractivity contribution in [3.63, 3.8) is 0 Å². The van der Waals surface area contributed by atoms with E-state index in [0.29, 0.717) is 34.0 Å². The highest BCUT2D eigenvalue weighted by Gasteiger charge is 2.82. The van der Waals surface area contributed by atoms with Crippen LogP contribution in [0.3, 0.4) is 0 Å². The van der Waals surface area contributed by atoms with Crippen LogP contribution in [0.2, 0.25) is 0 Å². The van der Waals surface area contributed by atoms with Crippen molar-refractivity contribution in [2.45, 2.75) is 222 Å². The van der Waals surface area contributed by atoms with Crippen molar-refractivity contribution in [1.82, 2.24) is 0 Å². The molecule has 5 saturated carbocycles. The summed E-state index contributed by atoms with van der Waals surface area (Å²) in [5.41, 5.74) is 3.64. The average Bonchev–Trinajstić information content (AvgIpc) is 3.65. The summed E-state index contributed by atoms with van der Waals surface area (Å²) in [6.45, 7) is 19.9. The molecule has 0 saturated heterocycles. The van der Waals surface area contributed by atoms with Crippen molar-refractivity contribution >= 4 is 5.97 Å². The first-order valence-electron chi connectivity index (χ1n) is 22.4. The van der Waals surface area contributed by atoms with E-state index >= 15 is 0 Å². The van der Waals surface area contributed by atoms with Crippen molar-refractivity contribution < 1.29 is 9.53 Å². The molecular weight excluding hydrogens is 609 g/mol. The number of esters is 1. The van der Waals surface area contributed by atoms with Gasteiger partial charge in [0.05, 0.1) is 0 Å². The van der Waals surface area contributed by atoms with Crippen molar-refractivity contribution in [2.75, 3.05) is 0 Å². The third kappa shape index (κ3) is 7.91. The molecule has 9 atom stereocenters. The maximum Gasteiger partial charge on any atom is 0.306 e. The highest BCUT2D eigenvalue weighted by atomic mass is 16.5. The van der Waals surface area contributed by atoms with Crippen LogP contribution in [0.1, 0.15) is 216 Å². The van der Waals surface area contributed by atoms with Gasteiger partial charge < -0.3 is 4.74 Å². The molecule has 2 nitrogen and oxygen atoms in total. The lowest BCUT2D eigenvalue weighted by molar-refractivity contribution is -0.183. The molecule has 0 radical (unpaired) electrons. The van der Waals surface area contributed by atoms with Crippen LogP contribution in [0.5, 0.6) is 0 Å². The van der Waals surface area contributed by atoms with Crippen molar-refractivity contribution in [2.24, 2.45) is 50.7 Å². The highest BCUT2D eigenvalue weighted by Crippen LogP contribution is 2.89. The van der Waals surface area contributed by atoms with Crippen LogP contribution in [-0.4, -0.2) is 12.1 Å². The second-order valence-corrected chi connectivity index (χ2v) is 20.2. The number of allylic oxidation sites excluding steroid dienone is 4. The minimum atomic E-state index is 0.0764. The highest BCUT2D eigenvalue weighted by molar-refractivity contribution is 5.69. The molecule has 5 aliphatic rings. The van der Waals surface area contributed by atoms with Gasteiger partial charge in [-0.25, -0.2) is 0 Å². The van der Waals surface area contributed by atoms with Gasteiger partial charge in [0.2, 0.25) is 0 Å². The molecular formula is C48H82O2. The standard InChI is InChI=1S/C48H82O2/c1-9-10-11-12-13-14-15-16-17-18-19-20-21-22-23-27-43(49)50-42-31-33-47-36-48(47)35-34-45(7)39(38(4)26-24-25-37(2)3)30-32-46(45,8)41(48)29-28-40(47)44(42,5)6/h16-17,25,38-42H,9-15,18-24,26-36H2,1-8H3/b17-16-/t38-,39-,40+,41+,42+,45-,46+,47-,48+/m1/s1. The first kappa shape index (κ1) is 40.1. The van der Waals surface area contributed by atoms with E-state index in [1.165, 1.54) is 140 Å². The lowest BCUT2D eigenvalue weighted by atomic mass is 9.41. The normalized spacial score (nSPS) is 37.4. The summed E-state index contributed by atoms with van der Waals surface area (Å²) < 4.78 is 6.41. The minimum Gasteiger partial charge on any atom is -0.462 e. The number of rotatable bonds is 20. The summed E-state index contributed by atoms with van der Waals surface area (Å²) in [5, 5.41) is 0. The maximum absolute atomic E-state index is 13.2. The Balaban J connectivity index is 1.04. The molecule has 0 aliphatic heterocycles. The van der Waals surface area contributed by atoms with E-state index in [1.54, 1.807) is 0 Å². The molecule has 5 fully saturated rings. The minimum absolute atomic E-state index is 0.0764. The van der Waals surface area contributed by atoms with Crippen molar-refractivity contribution in [3.8, 4) is 0 Å². The van der Waals surface area contributed by atoms with Gasteiger partial charge in [0.25, 0.3) is 0 Å². The van der Waals surface area contributed by atoms with Gasteiger partial charge in [-0.2, -0.15) is 0 Å². The molecule has 2 heteroatoms. The molecule has 0 heterocycles. The van der Waals surface area contributed by atoms with E-state index in [1.807, 2.05) is 0 Å². The molecule has 5 aliphatic carbocycles. The largest absolute Gasteiger partial charge is 0.462 e. The summed E-state index contributed by atoms with van der Waals surface area (Å²) in [6.07, 6.45) is 39.8. The predicted octanol–water partition coefficient (Wildman–Crippen LogP) is 14.8. The summed E-state index contributed by atoms with van der Waals surface area (Å²) in [6, 6.07) is 0. The molecule has 0 aromatic carbocycles. The van der Waals surface area contributed by atoms with Crippen LogP contribution in [-0.2, 0) is 9.53 Å². The molecule has 0 bridgehead atoms. The van der Waals surface area contributed by atoms with Crippen LogP contribution in [0.4, 0.5) is 0 Å². The summed E-state index contributed by atoms with van der Waals surface area (Å²) in [5.74, 6) is 3.40. The fraction of sp³-hybridized carbons (Fsp3) is 0.896. The van der Waals surface area contributed by atoms with Crippen LogP contribution >= 0.6 is 0 Å². The Labute approximate surface area is 311 Å². The van der Waals surface area contributed by atoms with Crippen LogP contribution in [0.25, 0.3) is 0 Å². The first-order chi connectivity index (χ1) is 23.9. The zero-order chi connectivity index (χ0) is 36.0. The van der Waals surface area contributed by atoms with Gasteiger partial charge in [-0.15, -0.1) is 0 Å². The Hall–Kier alpha value is -1.05. The van der Waals surface area contributed by atoms with Crippen LogP contribution < -0.4 is 0 Å². The Morgan fingerprint density at radius 1 is 0.700 bits per heavy atom. The lowest BCUT2D eigenvalue weighted by Gasteiger charge is -2.63. The molecule has 0 amide bonds. The molecule has 0 unspecified atom stereocenters. The fourth-order valence-corrected chi connectivity index (χ4v) is 13.9. The average molecular weight is 691 g/mol. The molecule has 0 N–H and O–H groups in total. The van der Waals surface area contributed by atoms with Gasteiger partial charge in [0.1, 0.15) is 6.10 Å². The third-order valence-corrected chi connectivity index (χ3v) is 16.9. The molecule has 0 aromatic heterocycles. The monoisotopic (exact) mass is 691 g/mol. The van der Waals surface area contributed by atoms with Gasteiger partial charge in [0.15, 0.2) is 0 Å². The van der Waals surface area contributed by atoms with E-state index in [2.05, 4.69) is 73.6 Å². The molecule has 286 valence electrons. The van der Waals surface area contributed by atoms with Gasteiger partial charge >= 0.3 is 5.97 Å². The number of hydrogen-bond donors (Lipinski definition) is 0. The number of hydrogen-bond acceptors (Lipinski definition) is 2. The predicted molar refractivity (Wildman–Crippen MR) is 214 cm³/mol. The zero-order valence-corrected chi connectivity index (χ0v) is 34.6. The van der Waals surface area contributed by atoms with E-state index < -0.39 is 0 Å². The van der Waals surface area contributed by atoms with Gasteiger partial charge in [0, 0.05) is 11.8 Å². The van der Waals surface area contributed by atoms with Crippen molar-refractivity contribution in [3.05, 3.63) is 23.8 Å². The second-order valence-electron chi connectivity index (χ2n) is 20.2. The number of carbonyl (C=O) groups is 1. The van der Waals surface area contributed by atoms with E-state index in [0.717, 1.165) is 37.0 Å². The van der Waals surface area contributed by atoms with E-state index in [9.17, 15) is 4.79 Å². The van der Waals surface area contributed by atoms with Gasteiger partial charge in [-0.1, -0.05) is 117 Å². The topological polar surface area (TPSA) is 26.3 Å². The number of ether oxygens (including phenoxy) is 1. The molecule has 2 spiro atoms. The van der Waals surface area contributed by atoms with E-state index in [-0.39, 0.29) is 17.5 Å². The Kier molecular flexibility index (Phi) is 13.6. The van der Waals surface area contributed by atoms with Gasteiger partial charge in [-0.3, -0.25) is 4.79 Å². The zero-order valence-electron chi connectivity index (χ0n) is 34.6. The Bertz CT molecular complexity index is 1160. The van der Waals surface area contributed by atoms with Gasteiger partial charge in [-0.05, 0) is 162 Å². The first-order valence-corrected chi connectivity index (χ1v) is 22.4.